The molecule has 0 atom stereocenters. The summed E-state index contributed by atoms with van der Waals surface area (Å²) in [5.41, 5.74) is 2.98. The summed E-state index contributed by atoms with van der Waals surface area (Å²) in [7, 11) is 0. The number of ether oxygens (including phenoxy) is 1. The van der Waals surface area contributed by atoms with E-state index in [0.29, 0.717) is 18.7 Å². The van der Waals surface area contributed by atoms with Crippen LogP contribution in [0.1, 0.15) is 32.8 Å². The molecule has 0 aliphatic carbocycles. The number of thioether (sulfide) groups is 1. The third kappa shape index (κ3) is 4.47. The maximum Gasteiger partial charge on any atom is 0.311 e. The van der Waals surface area contributed by atoms with Crippen molar-refractivity contribution in [3.8, 4) is 5.75 Å². The van der Waals surface area contributed by atoms with E-state index >= 15 is 0 Å². The van der Waals surface area contributed by atoms with Crippen LogP contribution in [0.4, 0.5) is 4.39 Å². The highest BCUT2D eigenvalue weighted by atomic mass is 32.2. The summed E-state index contributed by atoms with van der Waals surface area (Å²) in [6.45, 7) is 6.66. The first kappa shape index (κ1) is 21.4. The number of carbonyl (C=O) groups excluding carboxylic acids is 1. The standard InChI is InChI=1S/C26H26FNO2S/c1-26(2,3)15-23(29)30-22-14-13-20-19-7-5-6-8-21(19)28(24(20)25(22)31-4)16-17-9-11-18(27)12-10-17/h5-14H,15-16H2,1-4H3. The van der Waals surface area contributed by atoms with E-state index in [4.69, 9.17) is 4.74 Å². The number of aromatic nitrogens is 1. The lowest BCUT2D eigenvalue weighted by Crippen LogP contribution is -2.18. The van der Waals surface area contributed by atoms with Crippen LogP contribution in [0.5, 0.6) is 5.75 Å². The number of fused-ring (bicyclic) bond motifs is 3. The Kier molecular flexibility index (Phi) is 5.80. The normalized spacial score (nSPS) is 11.9. The zero-order valence-corrected chi connectivity index (χ0v) is 19.1. The van der Waals surface area contributed by atoms with Gasteiger partial charge in [0.1, 0.15) is 11.6 Å². The van der Waals surface area contributed by atoms with Crippen LogP contribution >= 0.6 is 11.8 Å². The predicted molar refractivity (Wildman–Crippen MR) is 126 cm³/mol. The Labute approximate surface area is 186 Å². The van der Waals surface area contributed by atoms with E-state index in [-0.39, 0.29) is 17.2 Å². The molecule has 0 fully saturated rings. The Hall–Kier alpha value is -2.79. The van der Waals surface area contributed by atoms with Crippen molar-refractivity contribution < 1.29 is 13.9 Å². The molecule has 1 heterocycles. The van der Waals surface area contributed by atoms with Gasteiger partial charge < -0.3 is 9.30 Å². The van der Waals surface area contributed by atoms with Crippen molar-refractivity contribution in [2.75, 3.05) is 6.26 Å². The first-order valence-electron chi connectivity index (χ1n) is 10.3. The summed E-state index contributed by atoms with van der Waals surface area (Å²) in [5, 5.41) is 2.25. The molecule has 4 aromatic rings. The fraction of sp³-hybridized carbons (Fsp3) is 0.269. The number of hydrogen-bond donors (Lipinski definition) is 0. The third-order valence-electron chi connectivity index (χ3n) is 5.21. The molecule has 0 saturated carbocycles. The predicted octanol–water partition coefficient (Wildman–Crippen LogP) is 7.05. The minimum Gasteiger partial charge on any atom is -0.425 e. The van der Waals surface area contributed by atoms with Gasteiger partial charge in [0.2, 0.25) is 0 Å². The van der Waals surface area contributed by atoms with E-state index in [2.05, 4.69) is 16.7 Å². The fourth-order valence-electron chi connectivity index (χ4n) is 3.90. The van der Waals surface area contributed by atoms with Crippen LogP contribution in [0.3, 0.4) is 0 Å². The van der Waals surface area contributed by atoms with Gasteiger partial charge in [-0.05, 0) is 47.6 Å². The number of nitrogens with zero attached hydrogens (tertiary/aromatic N) is 1. The molecule has 0 saturated heterocycles. The second-order valence-corrected chi connectivity index (χ2v) is 9.75. The Bertz CT molecular complexity index is 1250. The number of rotatable bonds is 5. The van der Waals surface area contributed by atoms with Gasteiger partial charge in [-0.1, -0.05) is 51.1 Å². The first-order valence-corrected chi connectivity index (χ1v) is 11.5. The average molecular weight is 436 g/mol. The molecule has 0 bridgehead atoms. The van der Waals surface area contributed by atoms with Gasteiger partial charge in [-0.3, -0.25) is 4.79 Å². The molecule has 0 aliphatic rings. The van der Waals surface area contributed by atoms with Gasteiger partial charge in [-0.25, -0.2) is 4.39 Å². The summed E-state index contributed by atoms with van der Waals surface area (Å²) >= 11 is 1.57. The highest BCUT2D eigenvalue weighted by Crippen LogP contribution is 2.41. The Morgan fingerprint density at radius 2 is 1.71 bits per heavy atom. The Balaban J connectivity index is 1.87. The van der Waals surface area contributed by atoms with Crippen LogP contribution in [0.15, 0.2) is 65.6 Å². The van der Waals surface area contributed by atoms with Crippen LogP contribution in [0.2, 0.25) is 0 Å². The minimum atomic E-state index is -0.246. The second kappa shape index (κ2) is 8.39. The number of carbonyl (C=O) groups is 1. The number of para-hydroxylation sites is 1. The molecule has 3 nitrogen and oxygen atoms in total. The smallest absolute Gasteiger partial charge is 0.311 e. The molecule has 0 spiro atoms. The maximum absolute atomic E-state index is 13.4. The van der Waals surface area contributed by atoms with Crippen molar-refractivity contribution in [2.24, 2.45) is 5.41 Å². The lowest BCUT2D eigenvalue weighted by Gasteiger charge is -2.18. The molecule has 0 radical (unpaired) electrons. The van der Waals surface area contributed by atoms with E-state index in [9.17, 15) is 9.18 Å². The van der Waals surface area contributed by atoms with Crippen molar-refractivity contribution in [3.63, 3.8) is 0 Å². The largest absolute Gasteiger partial charge is 0.425 e. The van der Waals surface area contributed by atoms with Crippen molar-refractivity contribution in [3.05, 3.63) is 72.0 Å². The van der Waals surface area contributed by atoms with Crippen LogP contribution in [-0.4, -0.2) is 16.8 Å². The summed E-state index contributed by atoms with van der Waals surface area (Å²) < 4.78 is 21.5. The van der Waals surface area contributed by atoms with Crippen molar-refractivity contribution in [1.29, 1.82) is 0 Å². The molecule has 0 amide bonds. The average Bonchev–Trinajstić information content (AvgIpc) is 3.02. The molecule has 3 aromatic carbocycles. The topological polar surface area (TPSA) is 31.2 Å². The molecular formula is C26H26FNO2S. The second-order valence-electron chi connectivity index (χ2n) is 8.93. The summed E-state index contributed by atoms with van der Waals surface area (Å²) in [5.74, 6) is 0.101. The SMILES string of the molecule is CSc1c(OC(=O)CC(C)(C)C)ccc2c3ccccc3n(Cc3ccc(F)cc3)c12. The summed E-state index contributed by atoms with van der Waals surface area (Å²) in [6.07, 6.45) is 2.34. The number of hydrogen-bond acceptors (Lipinski definition) is 3. The van der Waals surface area contributed by atoms with Crippen molar-refractivity contribution in [1.82, 2.24) is 4.57 Å². The molecule has 0 unspecified atom stereocenters. The quantitative estimate of drug-likeness (QED) is 0.191. The summed E-state index contributed by atoms with van der Waals surface area (Å²) in [4.78, 5) is 13.5. The number of esters is 1. The van der Waals surface area contributed by atoms with E-state index in [1.807, 2.05) is 63.4 Å². The van der Waals surface area contributed by atoms with Gasteiger partial charge >= 0.3 is 5.97 Å². The van der Waals surface area contributed by atoms with Gasteiger partial charge in [0.15, 0.2) is 0 Å². The number of benzene rings is 3. The van der Waals surface area contributed by atoms with Crippen molar-refractivity contribution >= 4 is 39.5 Å². The monoisotopic (exact) mass is 435 g/mol. The molecule has 160 valence electrons. The molecule has 0 N–H and O–H groups in total. The highest BCUT2D eigenvalue weighted by Gasteiger charge is 2.22. The molecule has 1 aromatic heterocycles. The zero-order chi connectivity index (χ0) is 22.2. The lowest BCUT2D eigenvalue weighted by molar-refractivity contribution is -0.136. The van der Waals surface area contributed by atoms with Gasteiger partial charge in [0.25, 0.3) is 0 Å². The number of halogens is 1. The molecule has 4 rings (SSSR count). The third-order valence-corrected chi connectivity index (χ3v) is 6.01. The molecule has 31 heavy (non-hydrogen) atoms. The van der Waals surface area contributed by atoms with Crippen LogP contribution in [0, 0.1) is 11.2 Å². The fourth-order valence-corrected chi connectivity index (χ4v) is 4.63. The van der Waals surface area contributed by atoms with E-state index < -0.39 is 0 Å². The van der Waals surface area contributed by atoms with E-state index in [1.165, 1.54) is 12.1 Å². The highest BCUT2D eigenvalue weighted by molar-refractivity contribution is 7.99. The van der Waals surface area contributed by atoms with Crippen LogP contribution < -0.4 is 4.74 Å². The molecule has 0 aliphatic heterocycles. The van der Waals surface area contributed by atoms with Crippen LogP contribution in [-0.2, 0) is 11.3 Å². The first-order chi connectivity index (χ1) is 14.8. The minimum absolute atomic E-state index is 0.141. The van der Waals surface area contributed by atoms with E-state index in [0.717, 1.165) is 32.3 Å². The van der Waals surface area contributed by atoms with E-state index in [1.54, 1.807) is 11.8 Å². The molecular weight excluding hydrogens is 409 g/mol. The zero-order valence-electron chi connectivity index (χ0n) is 18.2. The van der Waals surface area contributed by atoms with Crippen molar-refractivity contribution in [2.45, 2.75) is 38.6 Å². The Morgan fingerprint density at radius 3 is 2.39 bits per heavy atom. The van der Waals surface area contributed by atoms with Gasteiger partial charge in [-0.15, -0.1) is 11.8 Å². The van der Waals surface area contributed by atoms with Gasteiger partial charge in [-0.2, -0.15) is 0 Å². The lowest BCUT2D eigenvalue weighted by atomic mass is 9.92. The van der Waals surface area contributed by atoms with Gasteiger partial charge in [0.05, 0.1) is 16.8 Å². The van der Waals surface area contributed by atoms with Crippen LogP contribution in [0.25, 0.3) is 21.8 Å². The Morgan fingerprint density at radius 1 is 1.00 bits per heavy atom. The molecule has 5 heteroatoms. The summed E-state index contributed by atoms with van der Waals surface area (Å²) in [6, 6.07) is 18.7. The van der Waals surface area contributed by atoms with Gasteiger partial charge in [0, 0.05) is 22.8 Å². The maximum atomic E-state index is 13.4.